The molecule has 0 bridgehead atoms. The Kier molecular flexibility index (Phi) is 3.22. The standard InChI is InChI=1S/C9H10F2O3/c1-5-2-3-14-8(5)6(9(10)11)4-7(12)13/h2-3,6,9H,4H2,1H3,(H,12,13). The van der Waals surface area contributed by atoms with Gasteiger partial charge in [0.1, 0.15) is 5.76 Å². The number of halogens is 2. The van der Waals surface area contributed by atoms with E-state index in [1.807, 2.05) is 0 Å². The molecule has 3 nitrogen and oxygen atoms in total. The van der Waals surface area contributed by atoms with Crippen LogP contribution in [0.5, 0.6) is 0 Å². The zero-order valence-electron chi connectivity index (χ0n) is 7.54. The summed E-state index contributed by atoms with van der Waals surface area (Å²) in [4.78, 5) is 10.3. The first-order chi connectivity index (χ1) is 6.52. The summed E-state index contributed by atoms with van der Waals surface area (Å²) in [5.41, 5.74) is 0.552. The molecule has 1 aromatic rings. The van der Waals surface area contributed by atoms with Crippen LogP contribution in [0.3, 0.4) is 0 Å². The van der Waals surface area contributed by atoms with Gasteiger partial charge < -0.3 is 9.52 Å². The molecule has 0 fully saturated rings. The zero-order chi connectivity index (χ0) is 10.7. The summed E-state index contributed by atoms with van der Waals surface area (Å²) in [7, 11) is 0. The van der Waals surface area contributed by atoms with E-state index in [0.29, 0.717) is 5.56 Å². The Morgan fingerprint density at radius 3 is 2.64 bits per heavy atom. The van der Waals surface area contributed by atoms with Crippen LogP contribution in [-0.4, -0.2) is 17.5 Å². The van der Waals surface area contributed by atoms with Crippen molar-refractivity contribution in [3.63, 3.8) is 0 Å². The van der Waals surface area contributed by atoms with Crippen molar-refractivity contribution >= 4 is 5.97 Å². The molecule has 0 amide bonds. The van der Waals surface area contributed by atoms with Gasteiger partial charge in [0.05, 0.1) is 18.6 Å². The van der Waals surface area contributed by atoms with E-state index in [-0.39, 0.29) is 5.76 Å². The second-order valence-electron chi connectivity index (χ2n) is 3.01. The average molecular weight is 204 g/mol. The summed E-state index contributed by atoms with van der Waals surface area (Å²) in [6.07, 6.45) is -2.07. The topological polar surface area (TPSA) is 50.4 Å². The fourth-order valence-corrected chi connectivity index (χ4v) is 1.25. The molecule has 0 aromatic carbocycles. The van der Waals surface area contributed by atoms with Gasteiger partial charge in [0.15, 0.2) is 0 Å². The molecule has 0 saturated heterocycles. The zero-order valence-corrected chi connectivity index (χ0v) is 7.54. The van der Waals surface area contributed by atoms with Crippen molar-refractivity contribution in [1.82, 2.24) is 0 Å². The molecule has 1 rings (SSSR count). The number of alkyl halides is 2. The molecule has 1 unspecified atom stereocenters. The van der Waals surface area contributed by atoms with Crippen LogP contribution < -0.4 is 0 Å². The first-order valence-corrected chi connectivity index (χ1v) is 4.06. The maximum absolute atomic E-state index is 12.5. The van der Waals surface area contributed by atoms with Gasteiger partial charge in [0.25, 0.3) is 0 Å². The van der Waals surface area contributed by atoms with Gasteiger partial charge in [-0.25, -0.2) is 8.78 Å². The van der Waals surface area contributed by atoms with Crippen LogP contribution >= 0.6 is 0 Å². The second kappa shape index (κ2) is 4.21. The van der Waals surface area contributed by atoms with E-state index in [0.717, 1.165) is 0 Å². The minimum Gasteiger partial charge on any atom is -0.481 e. The van der Waals surface area contributed by atoms with Crippen LogP contribution in [0.15, 0.2) is 16.7 Å². The predicted octanol–water partition coefficient (Wildman–Crippen LogP) is 2.41. The van der Waals surface area contributed by atoms with Crippen molar-refractivity contribution in [2.45, 2.75) is 25.7 Å². The number of rotatable bonds is 4. The third-order valence-electron chi connectivity index (χ3n) is 1.94. The van der Waals surface area contributed by atoms with Crippen LogP contribution in [-0.2, 0) is 4.79 Å². The Bertz CT molecular complexity index is 320. The normalized spacial score (nSPS) is 13.1. The van der Waals surface area contributed by atoms with Crippen LogP contribution in [0.25, 0.3) is 0 Å². The quantitative estimate of drug-likeness (QED) is 0.819. The molecule has 0 saturated carbocycles. The molecule has 78 valence electrons. The Morgan fingerprint density at radius 2 is 2.29 bits per heavy atom. The summed E-state index contributed by atoms with van der Waals surface area (Å²) in [6, 6.07) is 1.53. The highest BCUT2D eigenvalue weighted by atomic mass is 19.3. The molecule has 0 aliphatic rings. The number of hydrogen-bond donors (Lipinski definition) is 1. The first-order valence-electron chi connectivity index (χ1n) is 4.06. The number of carbonyl (C=O) groups is 1. The number of carboxylic acids is 1. The molecule has 0 radical (unpaired) electrons. The van der Waals surface area contributed by atoms with E-state index in [1.165, 1.54) is 12.3 Å². The molecule has 1 aromatic heterocycles. The summed E-state index contributed by atoms with van der Waals surface area (Å²) in [5.74, 6) is -2.56. The largest absolute Gasteiger partial charge is 0.481 e. The van der Waals surface area contributed by atoms with E-state index < -0.39 is 24.7 Å². The molecule has 0 aliphatic heterocycles. The van der Waals surface area contributed by atoms with Gasteiger partial charge in [0, 0.05) is 0 Å². The lowest BCUT2D eigenvalue weighted by Crippen LogP contribution is -2.14. The van der Waals surface area contributed by atoms with Gasteiger partial charge in [-0.05, 0) is 18.6 Å². The summed E-state index contributed by atoms with van der Waals surface area (Å²) in [6.45, 7) is 1.61. The van der Waals surface area contributed by atoms with Gasteiger partial charge >= 0.3 is 5.97 Å². The van der Waals surface area contributed by atoms with Crippen LogP contribution in [0.1, 0.15) is 23.7 Å². The van der Waals surface area contributed by atoms with Crippen molar-refractivity contribution in [3.8, 4) is 0 Å². The van der Waals surface area contributed by atoms with Gasteiger partial charge in [-0.3, -0.25) is 4.79 Å². The van der Waals surface area contributed by atoms with Crippen molar-refractivity contribution in [3.05, 3.63) is 23.7 Å². The Morgan fingerprint density at radius 1 is 1.64 bits per heavy atom. The number of aliphatic carboxylic acids is 1. The predicted molar refractivity (Wildman–Crippen MR) is 44.4 cm³/mol. The third kappa shape index (κ3) is 2.31. The lowest BCUT2D eigenvalue weighted by molar-refractivity contribution is -0.138. The molecule has 0 aliphatic carbocycles. The molecular weight excluding hydrogens is 194 g/mol. The van der Waals surface area contributed by atoms with Gasteiger partial charge in [-0.15, -0.1) is 0 Å². The molecule has 14 heavy (non-hydrogen) atoms. The summed E-state index contributed by atoms with van der Waals surface area (Å²) < 4.78 is 29.8. The fourth-order valence-electron chi connectivity index (χ4n) is 1.25. The number of hydrogen-bond acceptors (Lipinski definition) is 2. The Balaban J connectivity index is 2.88. The molecule has 1 atom stereocenters. The van der Waals surface area contributed by atoms with E-state index in [4.69, 9.17) is 9.52 Å². The van der Waals surface area contributed by atoms with Crippen LogP contribution in [0.4, 0.5) is 8.78 Å². The summed E-state index contributed by atoms with van der Waals surface area (Å²) in [5, 5.41) is 8.45. The smallest absolute Gasteiger partial charge is 0.304 e. The van der Waals surface area contributed by atoms with Crippen molar-refractivity contribution in [2.24, 2.45) is 0 Å². The van der Waals surface area contributed by atoms with E-state index in [9.17, 15) is 13.6 Å². The van der Waals surface area contributed by atoms with Crippen molar-refractivity contribution in [1.29, 1.82) is 0 Å². The molecule has 1 heterocycles. The molecule has 5 heteroatoms. The lowest BCUT2D eigenvalue weighted by Gasteiger charge is -2.11. The van der Waals surface area contributed by atoms with Crippen molar-refractivity contribution < 1.29 is 23.1 Å². The van der Waals surface area contributed by atoms with Gasteiger partial charge in [-0.2, -0.15) is 0 Å². The van der Waals surface area contributed by atoms with E-state index >= 15 is 0 Å². The monoisotopic (exact) mass is 204 g/mol. The van der Waals surface area contributed by atoms with Crippen molar-refractivity contribution in [2.75, 3.05) is 0 Å². The molecule has 1 N–H and O–H groups in total. The minimum atomic E-state index is -2.73. The maximum Gasteiger partial charge on any atom is 0.304 e. The first kappa shape index (κ1) is 10.7. The van der Waals surface area contributed by atoms with E-state index in [2.05, 4.69) is 0 Å². The molecular formula is C9H10F2O3. The number of carboxylic acid groups (broad SMARTS) is 1. The van der Waals surface area contributed by atoms with Crippen LogP contribution in [0, 0.1) is 6.92 Å². The van der Waals surface area contributed by atoms with Crippen LogP contribution in [0.2, 0.25) is 0 Å². The number of aryl methyl sites for hydroxylation is 1. The minimum absolute atomic E-state index is 0.0578. The Hall–Kier alpha value is -1.39. The highest BCUT2D eigenvalue weighted by Gasteiger charge is 2.29. The Labute approximate surface area is 79.3 Å². The molecule has 0 spiro atoms. The number of furan rings is 1. The van der Waals surface area contributed by atoms with Gasteiger partial charge in [0.2, 0.25) is 6.43 Å². The maximum atomic E-state index is 12.5. The second-order valence-corrected chi connectivity index (χ2v) is 3.01. The summed E-state index contributed by atoms with van der Waals surface area (Å²) >= 11 is 0. The van der Waals surface area contributed by atoms with E-state index in [1.54, 1.807) is 6.92 Å². The highest BCUT2D eigenvalue weighted by molar-refractivity contribution is 5.68. The fraction of sp³-hybridized carbons (Fsp3) is 0.444. The van der Waals surface area contributed by atoms with Gasteiger partial charge in [-0.1, -0.05) is 0 Å². The average Bonchev–Trinajstić information content (AvgIpc) is 2.46. The third-order valence-corrected chi connectivity index (χ3v) is 1.94. The highest BCUT2D eigenvalue weighted by Crippen LogP contribution is 2.29. The lowest BCUT2D eigenvalue weighted by atomic mass is 10.0. The SMILES string of the molecule is Cc1ccoc1C(CC(=O)O)C(F)F.